The van der Waals surface area contributed by atoms with E-state index >= 15 is 0 Å². The van der Waals surface area contributed by atoms with Crippen LogP contribution in [-0.2, 0) is 0 Å². The van der Waals surface area contributed by atoms with Gasteiger partial charge in [-0.2, -0.15) is 0 Å². The predicted octanol–water partition coefficient (Wildman–Crippen LogP) is 0.573. The number of aromatic nitrogens is 1. The molecule has 1 saturated heterocycles. The van der Waals surface area contributed by atoms with E-state index in [9.17, 15) is 5.11 Å². The lowest BCUT2D eigenvalue weighted by Gasteiger charge is -2.35. The van der Waals surface area contributed by atoms with Gasteiger partial charge in [-0.25, -0.2) is 4.98 Å². The Kier molecular flexibility index (Phi) is 3.28. The summed E-state index contributed by atoms with van der Waals surface area (Å²) in [5, 5.41) is 17.3. The second kappa shape index (κ2) is 4.71. The number of nitrogens with zero attached hydrogens (tertiary/aromatic N) is 2. The van der Waals surface area contributed by atoms with Crippen molar-refractivity contribution in [3.05, 3.63) is 23.9 Å². The molecule has 0 radical (unpaired) electrons. The normalized spacial score (nSPS) is 24.7. The molecular weight excluding hydrogens is 216 g/mol. The summed E-state index contributed by atoms with van der Waals surface area (Å²) in [4.78, 5) is 6.40. The van der Waals surface area contributed by atoms with Crippen LogP contribution in [0, 0.1) is 11.3 Å². The fourth-order valence-electron chi connectivity index (χ4n) is 2.18. The largest absolute Gasteiger partial charge is 0.393 e. The van der Waals surface area contributed by atoms with Gasteiger partial charge in [-0.1, -0.05) is 6.92 Å². The van der Waals surface area contributed by atoms with Crippen molar-refractivity contribution in [3.8, 4) is 0 Å². The topological polar surface area (TPSA) is 86.2 Å². The van der Waals surface area contributed by atoms with E-state index in [1.807, 2.05) is 6.92 Å². The number of nitrogens with two attached hydrogens (primary N) is 1. The Balaban J connectivity index is 2.25. The van der Waals surface area contributed by atoms with Crippen molar-refractivity contribution in [2.24, 2.45) is 11.7 Å². The number of piperidine rings is 1. The molecule has 2 rings (SSSR count). The molecule has 1 aliphatic rings. The second-order valence-electron chi connectivity index (χ2n) is 4.57. The number of nitrogen functional groups attached to an aromatic ring is 1. The van der Waals surface area contributed by atoms with Gasteiger partial charge in [0.1, 0.15) is 11.7 Å². The first kappa shape index (κ1) is 11.9. The monoisotopic (exact) mass is 234 g/mol. The fraction of sp³-hybridized carbons (Fsp3) is 0.500. The molecule has 0 aromatic carbocycles. The van der Waals surface area contributed by atoms with E-state index in [0.717, 1.165) is 25.3 Å². The van der Waals surface area contributed by atoms with Crippen molar-refractivity contribution >= 4 is 11.7 Å². The van der Waals surface area contributed by atoms with Crippen LogP contribution in [-0.4, -0.2) is 35.1 Å². The van der Waals surface area contributed by atoms with Crippen LogP contribution in [0.2, 0.25) is 0 Å². The number of pyridine rings is 1. The van der Waals surface area contributed by atoms with Crippen LogP contribution >= 0.6 is 0 Å². The average Bonchev–Trinajstić information content (AvgIpc) is 2.32. The molecule has 4 N–H and O–H groups in total. The first-order valence-electron chi connectivity index (χ1n) is 5.82. The molecule has 0 spiro atoms. The van der Waals surface area contributed by atoms with Crippen molar-refractivity contribution in [1.29, 1.82) is 5.41 Å². The van der Waals surface area contributed by atoms with Gasteiger partial charge >= 0.3 is 0 Å². The average molecular weight is 234 g/mol. The van der Waals surface area contributed by atoms with Gasteiger partial charge in [0.25, 0.3) is 0 Å². The molecule has 2 atom stereocenters. The van der Waals surface area contributed by atoms with Crippen LogP contribution in [0.4, 0.5) is 5.82 Å². The second-order valence-corrected chi connectivity index (χ2v) is 4.57. The summed E-state index contributed by atoms with van der Waals surface area (Å²) < 4.78 is 0. The quantitative estimate of drug-likeness (QED) is 0.516. The molecule has 0 aliphatic carbocycles. The third kappa shape index (κ3) is 2.39. The Bertz CT molecular complexity index is 421. The number of hydrogen-bond acceptors (Lipinski definition) is 4. The smallest absolute Gasteiger partial charge is 0.139 e. The molecule has 2 heterocycles. The number of amidine groups is 1. The summed E-state index contributed by atoms with van der Waals surface area (Å²) >= 11 is 0. The predicted molar refractivity (Wildman–Crippen MR) is 67.3 cm³/mol. The standard InChI is InChI=1S/C12H18N4O/c1-8-7-16(6-4-10(8)17)12-9(11(13)14)3-2-5-15-12/h2-3,5,8,10,17H,4,6-7H2,1H3,(H3,13,14). The Hall–Kier alpha value is -1.62. The maximum Gasteiger partial charge on any atom is 0.139 e. The summed E-state index contributed by atoms with van der Waals surface area (Å²) in [5.41, 5.74) is 6.21. The highest BCUT2D eigenvalue weighted by Crippen LogP contribution is 2.24. The molecule has 1 fully saturated rings. The molecule has 0 bridgehead atoms. The Labute approximate surface area is 101 Å². The molecular formula is C12H18N4O. The van der Waals surface area contributed by atoms with Gasteiger partial charge in [-0.3, -0.25) is 5.41 Å². The van der Waals surface area contributed by atoms with Gasteiger partial charge < -0.3 is 15.7 Å². The van der Waals surface area contributed by atoms with E-state index in [4.69, 9.17) is 11.1 Å². The molecule has 1 aliphatic heterocycles. The Morgan fingerprint density at radius 1 is 1.65 bits per heavy atom. The maximum atomic E-state index is 9.71. The van der Waals surface area contributed by atoms with Crippen molar-refractivity contribution in [2.45, 2.75) is 19.4 Å². The zero-order chi connectivity index (χ0) is 12.4. The highest BCUT2D eigenvalue weighted by atomic mass is 16.3. The van der Waals surface area contributed by atoms with Gasteiger partial charge in [-0.05, 0) is 24.5 Å². The SMILES string of the molecule is CC1CN(c2ncccc2C(=N)N)CCC1O. The molecule has 92 valence electrons. The van der Waals surface area contributed by atoms with Crippen molar-refractivity contribution in [1.82, 2.24) is 4.98 Å². The number of nitrogens with one attached hydrogen (secondary N) is 1. The minimum Gasteiger partial charge on any atom is -0.393 e. The summed E-state index contributed by atoms with van der Waals surface area (Å²) in [5.74, 6) is 0.996. The zero-order valence-corrected chi connectivity index (χ0v) is 9.93. The number of anilines is 1. The van der Waals surface area contributed by atoms with Crippen molar-refractivity contribution < 1.29 is 5.11 Å². The molecule has 17 heavy (non-hydrogen) atoms. The highest BCUT2D eigenvalue weighted by molar-refractivity contribution is 5.99. The van der Waals surface area contributed by atoms with Crippen molar-refractivity contribution in [2.75, 3.05) is 18.0 Å². The number of hydrogen-bond donors (Lipinski definition) is 3. The first-order chi connectivity index (χ1) is 8.09. The van der Waals surface area contributed by atoms with E-state index in [0.29, 0.717) is 5.56 Å². The van der Waals surface area contributed by atoms with Crippen molar-refractivity contribution in [3.63, 3.8) is 0 Å². The van der Waals surface area contributed by atoms with Gasteiger partial charge in [-0.15, -0.1) is 0 Å². The third-order valence-corrected chi connectivity index (χ3v) is 3.24. The number of aliphatic hydroxyl groups is 1. The van der Waals surface area contributed by atoms with Crippen LogP contribution in [0.25, 0.3) is 0 Å². The van der Waals surface area contributed by atoms with Crippen LogP contribution < -0.4 is 10.6 Å². The maximum absolute atomic E-state index is 9.71. The number of aliphatic hydroxyl groups excluding tert-OH is 1. The highest BCUT2D eigenvalue weighted by Gasteiger charge is 2.26. The molecule has 1 aromatic heterocycles. The van der Waals surface area contributed by atoms with Gasteiger partial charge in [0.2, 0.25) is 0 Å². The first-order valence-corrected chi connectivity index (χ1v) is 5.82. The molecule has 0 amide bonds. The summed E-state index contributed by atoms with van der Waals surface area (Å²) in [7, 11) is 0. The molecule has 5 heteroatoms. The summed E-state index contributed by atoms with van der Waals surface area (Å²) in [6, 6.07) is 3.59. The molecule has 1 aromatic rings. The number of rotatable bonds is 2. The molecule has 5 nitrogen and oxygen atoms in total. The van der Waals surface area contributed by atoms with Gasteiger partial charge in [0, 0.05) is 19.3 Å². The van der Waals surface area contributed by atoms with Crippen LogP contribution in [0.3, 0.4) is 0 Å². The third-order valence-electron chi connectivity index (χ3n) is 3.24. The van der Waals surface area contributed by atoms with E-state index in [1.54, 1.807) is 18.3 Å². The van der Waals surface area contributed by atoms with E-state index in [2.05, 4.69) is 9.88 Å². The Morgan fingerprint density at radius 2 is 2.41 bits per heavy atom. The molecule has 0 saturated carbocycles. The van der Waals surface area contributed by atoms with Gasteiger partial charge in [0.15, 0.2) is 0 Å². The van der Waals surface area contributed by atoms with E-state index < -0.39 is 0 Å². The van der Waals surface area contributed by atoms with E-state index in [1.165, 1.54) is 0 Å². The van der Waals surface area contributed by atoms with Crippen LogP contribution in [0.5, 0.6) is 0 Å². The zero-order valence-electron chi connectivity index (χ0n) is 9.93. The van der Waals surface area contributed by atoms with Crippen LogP contribution in [0.1, 0.15) is 18.9 Å². The lowest BCUT2D eigenvalue weighted by molar-refractivity contribution is 0.0969. The summed E-state index contributed by atoms with van der Waals surface area (Å²) in [6.45, 7) is 3.52. The minimum atomic E-state index is -0.240. The minimum absolute atomic E-state index is 0.0341. The van der Waals surface area contributed by atoms with Gasteiger partial charge in [0.05, 0.1) is 11.7 Å². The van der Waals surface area contributed by atoms with E-state index in [-0.39, 0.29) is 17.9 Å². The lowest BCUT2D eigenvalue weighted by Crippen LogP contribution is -2.43. The Morgan fingerprint density at radius 3 is 3.06 bits per heavy atom. The fourth-order valence-corrected chi connectivity index (χ4v) is 2.18. The molecule has 2 unspecified atom stereocenters. The van der Waals surface area contributed by atoms with Crippen LogP contribution in [0.15, 0.2) is 18.3 Å². The summed E-state index contributed by atoms with van der Waals surface area (Å²) in [6.07, 6.45) is 2.20. The lowest BCUT2D eigenvalue weighted by atomic mass is 9.96.